The van der Waals surface area contributed by atoms with Crippen LogP contribution in [0.25, 0.3) is 0 Å². The minimum atomic E-state index is -3.67. The summed E-state index contributed by atoms with van der Waals surface area (Å²) < 4.78 is 28.6. The molecule has 0 amide bonds. The van der Waals surface area contributed by atoms with E-state index in [9.17, 15) is 8.42 Å². The summed E-state index contributed by atoms with van der Waals surface area (Å²) in [5.74, 6) is 0. The van der Waals surface area contributed by atoms with Crippen molar-refractivity contribution in [2.45, 2.75) is 24.4 Å². The summed E-state index contributed by atoms with van der Waals surface area (Å²) in [6, 6.07) is 5.65. The molecular weight excluding hydrogens is 321 g/mol. The van der Waals surface area contributed by atoms with Crippen molar-refractivity contribution in [1.82, 2.24) is 14.5 Å². The second-order valence-corrected chi connectivity index (χ2v) is 6.94. The third-order valence-electron chi connectivity index (χ3n) is 2.52. The molecule has 1 heterocycles. The van der Waals surface area contributed by atoms with Crippen molar-refractivity contribution in [2.24, 2.45) is 0 Å². The van der Waals surface area contributed by atoms with Gasteiger partial charge < -0.3 is 0 Å². The van der Waals surface area contributed by atoms with Crippen LogP contribution in [-0.4, -0.2) is 24.2 Å². The number of sulfonamides is 1. The van der Waals surface area contributed by atoms with E-state index in [2.05, 4.69) is 9.82 Å². The first-order valence-electron chi connectivity index (χ1n) is 5.83. The van der Waals surface area contributed by atoms with Crippen molar-refractivity contribution in [3.8, 4) is 0 Å². The Kier molecular flexibility index (Phi) is 4.70. The van der Waals surface area contributed by atoms with Gasteiger partial charge >= 0.3 is 0 Å². The maximum atomic E-state index is 12.2. The summed E-state index contributed by atoms with van der Waals surface area (Å²) in [7, 11) is -3.67. The third-order valence-corrected chi connectivity index (χ3v) is 4.53. The molecule has 0 fully saturated rings. The molecule has 2 aromatic rings. The highest BCUT2D eigenvalue weighted by atomic mass is 35.5. The molecule has 108 valence electrons. The van der Waals surface area contributed by atoms with Crippen LogP contribution in [0.5, 0.6) is 0 Å². The van der Waals surface area contributed by atoms with Gasteiger partial charge in [-0.1, -0.05) is 23.2 Å². The largest absolute Gasteiger partial charge is 0.271 e. The van der Waals surface area contributed by atoms with Gasteiger partial charge in [-0.05, 0) is 31.2 Å². The molecule has 2 rings (SSSR count). The van der Waals surface area contributed by atoms with E-state index in [4.69, 9.17) is 23.2 Å². The first-order valence-corrected chi connectivity index (χ1v) is 8.06. The predicted molar refractivity (Wildman–Crippen MR) is 78.5 cm³/mol. The Balaban J connectivity index is 2.14. The number of nitrogens with zero attached hydrogens (tertiary/aromatic N) is 2. The smallest absolute Gasteiger partial charge is 0.240 e. The Morgan fingerprint density at radius 1 is 1.30 bits per heavy atom. The zero-order valence-electron chi connectivity index (χ0n) is 10.6. The zero-order valence-corrected chi connectivity index (χ0v) is 13.0. The molecule has 1 atom stereocenters. The topological polar surface area (TPSA) is 64.0 Å². The van der Waals surface area contributed by atoms with E-state index in [0.29, 0.717) is 6.54 Å². The lowest BCUT2D eigenvalue weighted by Crippen LogP contribution is -2.35. The van der Waals surface area contributed by atoms with Crippen LogP contribution in [0.2, 0.25) is 10.0 Å². The maximum Gasteiger partial charge on any atom is 0.240 e. The monoisotopic (exact) mass is 333 g/mol. The lowest BCUT2D eigenvalue weighted by atomic mass is 10.4. The molecule has 1 aromatic heterocycles. The average molecular weight is 334 g/mol. The molecule has 5 nitrogen and oxygen atoms in total. The molecule has 0 saturated carbocycles. The van der Waals surface area contributed by atoms with Gasteiger partial charge in [0.2, 0.25) is 10.0 Å². The number of halogens is 2. The van der Waals surface area contributed by atoms with Gasteiger partial charge in [0.1, 0.15) is 0 Å². The second-order valence-electron chi connectivity index (χ2n) is 4.36. The van der Waals surface area contributed by atoms with Gasteiger partial charge in [-0.25, -0.2) is 13.1 Å². The minimum absolute atomic E-state index is 0.0438. The van der Waals surface area contributed by atoms with Gasteiger partial charge in [-0.15, -0.1) is 0 Å². The molecule has 0 aliphatic rings. The van der Waals surface area contributed by atoms with Crippen molar-refractivity contribution in [3.05, 3.63) is 46.7 Å². The molecule has 1 N–H and O–H groups in total. The summed E-state index contributed by atoms with van der Waals surface area (Å²) in [4.78, 5) is 0.0438. The van der Waals surface area contributed by atoms with Crippen molar-refractivity contribution in [3.63, 3.8) is 0 Å². The van der Waals surface area contributed by atoms with E-state index in [1.54, 1.807) is 30.1 Å². The molecule has 0 bridgehead atoms. The maximum absolute atomic E-state index is 12.2. The van der Waals surface area contributed by atoms with Crippen LogP contribution in [0, 0.1) is 0 Å². The van der Waals surface area contributed by atoms with Gasteiger partial charge in [0.05, 0.1) is 11.4 Å². The standard InChI is InChI=1S/C12H13Cl2N3O2S/c1-9(8-17-4-2-3-15-17)16-20(18,19)12-6-10(13)5-11(14)7-12/h2-7,9,16H,8H2,1H3/t9-/m0/s1. The SMILES string of the molecule is C[C@@H](Cn1cccn1)NS(=O)(=O)c1cc(Cl)cc(Cl)c1. The summed E-state index contributed by atoms with van der Waals surface area (Å²) in [6.45, 7) is 2.19. The van der Waals surface area contributed by atoms with E-state index in [0.717, 1.165) is 0 Å². The normalized spacial score (nSPS) is 13.3. The second kappa shape index (κ2) is 6.13. The molecule has 0 unspecified atom stereocenters. The fraction of sp³-hybridized carbons (Fsp3) is 0.250. The highest BCUT2D eigenvalue weighted by molar-refractivity contribution is 7.89. The van der Waals surface area contributed by atoms with Gasteiger partial charge in [0.15, 0.2) is 0 Å². The van der Waals surface area contributed by atoms with Crippen LogP contribution in [-0.2, 0) is 16.6 Å². The van der Waals surface area contributed by atoms with E-state index in [1.807, 2.05) is 0 Å². The Hall–Kier alpha value is -1.08. The van der Waals surface area contributed by atoms with Crippen molar-refractivity contribution < 1.29 is 8.42 Å². The molecule has 0 radical (unpaired) electrons. The fourth-order valence-electron chi connectivity index (χ4n) is 1.74. The average Bonchev–Trinajstić information content (AvgIpc) is 2.79. The number of hydrogen-bond acceptors (Lipinski definition) is 3. The number of rotatable bonds is 5. The van der Waals surface area contributed by atoms with Crippen LogP contribution in [0.3, 0.4) is 0 Å². The molecule has 0 spiro atoms. The molecular formula is C12H13Cl2N3O2S. The fourth-order valence-corrected chi connectivity index (χ4v) is 3.70. The zero-order chi connectivity index (χ0) is 14.8. The molecule has 0 aliphatic carbocycles. The van der Waals surface area contributed by atoms with E-state index < -0.39 is 10.0 Å². The Labute approximate surface area is 127 Å². The molecule has 0 saturated heterocycles. The van der Waals surface area contributed by atoms with Crippen LogP contribution in [0.4, 0.5) is 0 Å². The molecule has 1 aromatic carbocycles. The summed E-state index contributed by atoms with van der Waals surface area (Å²) in [5, 5.41) is 4.58. The van der Waals surface area contributed by atoms with Crippen LogP contribution < -0.4 is 4.72 Å². The Bertz CT molecular complexity index is 666. The molecule has 8 heteroatoms. The highest BCUT2D eigenvalue weighted by Crippen LogP contribution is 2.22. The Morgan fingerprint density at radius 3 is 2.50 bits per heavy atom. The summed E-state index contributed by atoms with van der Waals surface area (Å²) >= 11 is 11.6. The first kappa shape index (κ1) is 15.3. The lowest BCUT2D eigenvalue weighted by molar-refractivity contribution is 0.494. The minimum Gasteiger partial charge on any atom is -0.271 e. The highest BCUT2D eigenvalue weighted by Gasteiger charge is 2.18. The number of nitrogens with one attached hydrogen (secondary N) is 1. The molecule has 0 aliphatic heterocycles. The number of aromatic nitrogens is 2. The van der Waals surface area contributed by atoms with Crippen molar-refractivity contribution in [2.75, 3.05) is 0 Å². The van der Waals surface area contributed by atoms with Crippen LogP contribution in [0.1, 0.15) is 6.92 Å². The van der Waals surface area contributed by atoms with Gasteiger partial charge in [-0.2, -0.15) is 5.10 Å². The first-order chi connectivity index (χ1) is 9.37. The van der Waals surface area contributed by atoms with Gasteiger partial charge in [0.25, 0.3) is 0 Å². The molecule has 20 heavy (non-hydrogen) atoms. The van der Waals surface area contributed by atoms with Gasteiger partial charge in [-0.3, -0.25) is 4.68 Å². The van der Waals surface area contributed by atoms with Crippen LogP contribution >= 0.6 is 23.2 Å². The van der Waals surface area contributed by atoms with Crippen molar-refractivity contribution >= 4 is 33.2 Å². The summed E-state index contributed by atoms with van der Waals surface area (Å²) in [5.41, 5.74) is 0. The van der Waals surface area contributed by atoms with Crippen molar-refractivity contribution in [1.29, 1.82) is 0 Å². The quantitative estimate of drug-likeness (QED) is 0.914. The third kappa shape index (κ3) is 3.96. The Morgan fingerprint density at radius 2 is 1.95 bits per heavy atom. The summed E-state index contributed by atoms with van der Waals surface area (Å²) in [6.07, 6.45) is 3.40. The lowest BCUT2D eigenvalue weighted by Gasteiger charge is -2.14. The number of benzene rings is 1. The van der Waals surface area contributed by atoms with E-state index >= 15 is 0 Å². The number of hydrogen-bond donors (Lipinski definition) is 1. The van der Waals surface area contributed by atoms with E-state index in [-0.39, 0.29) is 21.0 Å². The van der Waals surface area contributed by atoms with Gasteiger partial charge in [0, 0.05) is 28.5 Å². The van der Waals surface area contributed by atoms with E-state index in [1.165, 1.54) is 18.2 Å². The predicted octanol–water partition coefficient (Wildman–Crippen LogP) is 2.56. The van der Waals surface area contributed by atoms with Crippen LogP contribution in [0.15, 0.2) is 41.6 Å².